The van der Waals surface area contributed by atoms with Crippen molar-refractivity contribution in [1.82, 2.24) is 24.5 Å². The zero-order chi connectivity index (χ0) is 22.9. The molecular weight excluding hydrogens is 416 g/mol. The number of hydrogen-bond donors (Lipinski definition) is 1. The van der Waals surface area contributed by atoms with Crippen LogP contribution in [0.4, 0.5) is 5.82 Å². The Hall–Kier alpha value is -3.26. The molecule has 0 radical (unpaired) electrons. The fourth-order valence-corrected chi connectivity index (χ4v) is 4.39. The third-order valence-corrected chi connectivity index (χ3v) is 6.02. The molecule has 3 aromatic heterocycles. The lowest BCUT2D eigenvalue weighted by Crippen LogP contribution is -2.18. The van der Waals surface area contributed by atoms with E-state index in [9.17, 15) is 0 Å². The Balaban J connectivity index is 1.48. The van der Waals surface area contributed by atoms with E-state index in [0.29, 0.717) is 11.7 Å². The summed E-state index contributed by atoms with van der Waals surface area (Å²) in [4.78, 5) is 18.5. The van der Waals surface area contributed by atoms with E-state index in [1.165, 1.54) is 0 Å². The molecule has 1 fully saturated rings. The summed E-state index contributed by atoms with van der Waals surface area (Å²) < 4.78 is 14.0. The Morgan fingerprint density at radius 2 is 2.03 bits per heavy atom. The van der Waals surface area contributed by atoms with Gasteiger partial charge in [-0.2, -0.15) is 0 Å². The molecule has 1 aliphatic heterocycles. The van der Waals surface area contributed by atoms with Gasteiger partial charge in [0.05, 0.1) is 24.2 Å². The van der Waals surface area contributed by atoms with E-state index in [1.54, 1.807) is 12.7 Å². The molecule has 5 rings (SSSR count). The predicted octanol–water partition coefficient (Wildman–Crippen LogP) is 5.34. The van der Waals surface area contributed by atoms with Gasteiger partial charge in [-0.05, 0) is 64.0 Å². The fourth-order valence-electron chi connectivity index (χ4n) is 4.39. The van der Waals surface area contributed by atoms with Gasteiger partial charge in [-0.25, -0.2) is 19.9 Å². The van der Waals surface area contributed by atoms with Crippen LogP contribution in [-0.4, -0.2) is 37.2 Å². The molecule has 0 amide bonds. The van der Waals surface area contributed by atoms with E-state index in [0.717, 1.165) is 59.1 Å². The summed E-state index contributed by atoms with van der Waals surface area (Å²) in [5, 5.41) is 5.65. The lowest BCUT2D eigenvalue weighted by molar-refractivity contribution is -0.0298. The molecule has 0 saturated carbocycles. The van der Waals surface area contributed by atoms with Crippen LogP contribution in [0.15, 0.2) is 36.9 Å². The van der Waals surface area contributed by atoms with Crippen molar-refractivity contribution in [3.63, 3.8) is 0 Å². The van der Waals surface area contributed by atoms with Crippen molar-refractivity contribution < 1.29 is 9.47 Å². The van der Waals surface area contributed by atoms with Crippen LogP contribution in [0.1, 0.15) is 63.6 Å². The standard InChI is InChI=1S/C25H30N6O2/c1-15(2)33-25-21-16(3)8-7-9-18(21)12-19(30-25)17(4)29-23-22-24(27-13-26-23)31(14-28-22)20-10-5-6-11-32-20/h7-9,12-15,17,20H,5-6,10-11H2,1-4H3,(H,26,27,29). The molecular formula is C25H30N6O2. The van der Waals surface area contributed by atoms with Crippen LogP contribution in [0, 0.1) is 6.92 Å². The molecule has 0 bridgehead atoms. The summed E-state index contributed by atoms with van der Waals surface area (Å²) in [7, 11) is 0. The number of anilines is 1. The van der Waals surface area contributed by atoms with Crippen LogP contribution >= 0.6 is 0 Å². The van der Waals surface area contributed by atoms with E-state index >= 15 is 0 Å². The fraction of sp³-hybridized carbons (Fsp3) is 0.440. The average Bonchev–Trinajstić information content (AvgIpc) is 3.24. The first-order chi connectivity index (χ1) is 16.0. The van der Waals surface area contributed by atoms with E-state index in [2.05, 4.69) is 58.4 Å². The van der Waals surface area contributed by atoms with Gasteiger partial charge in [0.15, 0.2) is 17.0 Å². The zero-order valence-electron chi connectivity index (χ0n) is 19.6. The molecule has 1 aliphatic rings. The first kappa shape index (κ1) is 21.6. The Bertz CT molecular complexity index is 1280. The number of pyridine rings is 1. The van der Waals surface area contributed by atoms with Crippen molar-refractivity contribution >= 4 is 27.8 Å². The second-order valence-corrected chi connectivity index (χ2v) is 8.93. The molecule has 4 heterocycles. The van der Waals surface area contributed by atoms with Gasteiger partial charge in [-0.15, -0.1) is 0 Å². The van der Waals surface area contributed by atoms with Crippen molar-refractivity contribution in [3.05, 3.63) is 48.2 Å². The number of fused-ring (bicyclic) bond motifs is 2. The first-order valence-corrected chi connectivity index (χ1v) is 11.6. The number of rotatable bonds is 6. The quantitative estimate of drug-likeness (QED) is 0.428. The number of benzene rings is 1. The number of aromatic nitrogens is 5. The van der Waals surface area contributed by atoms with Gasteiger partial charge in [0.25, 0.3) is 0 Å². The summed E-state index contributed by atoms with van der Waals surface area (Å²) >= 11 is 0. The number of nitrogens with one attached hydrogen (secondary N) is 1. The molecule has 172 valence electrons. The van der Waals surface area contributed by atoms with E-state index < -0.39 is 0 Å². The van der Waals surface area contributed by atoms with Gasteiger partial charge >= 0.3 is 0 Å². The number of hydrogen-bond acceptors (Lipinski definition) is 7. The molecule has 1 aromatic carbocycles. The van der Waals surface area contributed by atoms with Gasteiger partial charge in [-0.1, -0.05) is 18.2 Å². The Kier molecular flexibility index (Phi) is 5.85. The number of aryl methyl sites for hydroxylation is 1. The Morgan fingerprint density at radius 3 is 2.82 bits per heavy atom. The minimum Gasteiger partial charge on any atom is -0.474 e. The van der Waals surface area contributed by atoms with Crippen LogP contribution in [-0.2, 0) is 4.74 Å². The largest absolute Gasteiger partial charge is 0.474 e. The topological polar surface area (TPSA) is 87.0 Å². The third-order valence-electron chi connectivity index (χ3n) is 6.02. The zero-order valence-corrected chi connectivity index (χ0v) is 19.6. The van der Waals surface area contributed by atoms with Gasteiger partial charge in [0.1, 0.15) is 12.6 Å². The number of ether oxygens (including phenoxy) is 2. The molecule has 8 nitrogen and oxygen atoms in total. The SMILES string of the molecule is Cc1cccc2cc(C(C)Nc3ncnc4c3ncn4C3CCCCO3)nc(OC(C)C)c12. The highest BCUT2D eigenvalue weighted by Gasteiger charge is 2.21. The summed E-state index contributed by atoms with van der Waals surface area (Å²) in [6.07, 6.45) is 6.60. The van der Waals surface area contributed by atoms with E-state index in [1.807, 2.05) is 18.4 Å². The molecule has 1 saturated heterocycles. The molecule has 4 aromatic rings. The molecule has 0 aliphatic carbocycles. The number of imidazole rings is 1. The first-order valence-electron chi connectivity index (χ1n) is 11.6. The molecule has 33 heavy (non-hydrogen) atoms. The van der Waals surface area contributed by atoms with Crippen molar-refractivity contribution in [1.29, 1.82) is 0 Å². The normalized spacial score (nSPS) is 17.5. The van der Waals surface area contributed by atoms with Gasteiger partial charge in [0, 0.05) is 12.0 Å². The minimum atomic E-state index is -0.112. The smallest absolute Gasteiger partial charge is 0.222 e. The third kappa shape index (κ3) is 4.23. The average molecular weight is 447 g/mol. The van der Waals surface area contributed by atoms with Gasteiger partial charge < -0.3 is 14.8 Å². The lowest BCUT2D eigenvalue weighted by atomic mass is 10.0. The van der Waals surface area contributed by atoms with Gasteiger partial charge in [0.2, 0.25) is 5.88 Å². The van der Waals surface area contributed by atoms with Crippen LogP contribution in [0.25, 0.3) is 21.9 Å². The summed E-state index contributed by atoms with van der Waals surface area (Å²) in [5.41, 5.74) is 3.53. The highest BCUT2D eigenvalue weighted by molar-refractivity contribution is 5.90. The molecule has 2 unspecified atom stereocenters. The maximum Gasteiger partial charge on any atom is 0.222 e. The highest BCUT2D eigenvalue weighted by atomic mass is 16.5. The van der Waals surface area contributed by atoms with Crippen LogP contribution in [0.3, 0.4) is 0 Å². The molecule has 1 N–H and O–H groups in total. The highest BCUT2D eigenvalue weighted by Crippen LogP contribution is 2.32. The van der Waals surface area contributed by atoms with Crippen LogP contribution in [0.2, 0.25) is 0 Å². The maximum absolute atomic E-state index is 6.10. The summed E-state index contributed by atoms with van der Waals surface area (Å²) in [6.45, 7) is 8.96. The van der Waals surface area contributed by atoms with E-state index in [-0.39, 0.29) is 18.4 Å². The van der Waals surface area contributed by atoms with E-state index in [4.69, 9.17) is 14.5 Å². The minimum absolute atomic E-state index is 0.0231. The van der Waals surface area contributed by atoms with Crippen molar-refractivity contribution in [3.8, 4) is 5.88 Å². The molecule has 8 heteroatoms. The Morgan fingerprint density at radius 1 is 1.15 bits per heavy atom. The van der Waals surface area contributed by atoms with Crippen molar-refractivity contribution in [2.45, 2.75) is 65.3 Å². The summed E-state index contributed by atoms with van der Waals surface area (Å²) in [5.74, 6) is 1.34. The van der Waals surface area contributed by atoms with Crippen LogP contribution < -0.4 is 10.1 Å². The van der Waals surface area contributed by atoms with Crippen LogP contribution in [0.5, 0.6) is 5.88 Å². The molecule has 0 spiro atoms. The second kappa shape index (κ2) is 8.94. The maximum atomic E-state index is 6.10. The second-order valence-electron chi connectivity index (χ2n) is 8.93. The lowest BCUT2D eigenvalue weighted by Gasteiger charge is -2.23. The van der Waals surface area contributed by atoms with Gasteiger partial charge in [-0.3, -0.25) is 4.57 Å². The predicted molar refractivity (Wildman–Crippen MR) is 128 cm³/mol. The van der Waals surface area contributed by atoms with Crippen molar-refractivity contribution in [2.75, 3.05) is 11.9 Å². The summed E-state index contributed by atoms with van der Waals surface area (Å²) in [6, 6.07) is 8.25. The monoisotopic (exact) mass is 446 g/mol. The number of nitrogens with zero attached hydrogens (tertiary/aromatic N) is 5. The Labute approximate surface area is 193 Å². The molecule has 2 atom stereocenters. The van der Waals surface area contributed by atoms with Crippen molar-refractivity contribution in [2.24, 2.45) is 0 Å².